The van der Waals surface area contributed by atoms with Gasteiger partial charge in [-0.25, -0.2) is 4.99 Å². The number of para-hydroxylation sites is 2. The van der Waals surface area contributed by atoms with Gasteiger partial charge in [-0.2, -0.15) is 0 Å². The number of nitrogens with two attached hydrogens (primary N) is 1. The highest BCUT2D eigenvalue weighted by molar-refractivity contribution is 5.93. The predicted molar refractivity (Wildman–Crippen MR) is 99.0 cm³/mol. The molecule has 24 heavy (non-hydrogen) atoms. The summed E-state index contributed by atoms with van der Waals surface area (Å²) in [6.07, 6.45) is 0.823. The number of hydrogen-bond donors (Lipinski definition) is 2. The van der Waals surface area contributed by atoms with Gasteiger partial charge in [-0.3, -0.25) is 0 Å². The average molecular weight is 327 g/mol. The molecule has 0 saturated carbocycles. The van der Waals surface area contributed by atoms with Crippen molar-refractivity contribution in [2.24, 2.45) is 10.7 Å². The minimum atomic E-state index is -0.0233. The first kappa shape index (κ1) is 17.7. The molecular weight excluding hydrogens is 302 g/mol. The van der Waals surface area contributed by atoms with Gasteiger partial charge in [0.2, 0.25) is 0 Å². The molecule has 0 aromatic heterocycles. The van der Waals surface area contributed by atoms with E-state index in [4.69, 9.17) is 15.2 Å². The van der Waals surface area contributed by atoms with Gasteiger partial charge in [0, 0.05) is 0 Å². The molecule has 2 aromatic carbocycles. The van der Waals surface area contributed by atoms with Crippen LogP contribution in [0.1, 0.15) is 18.9 Å². The fraction of sp³-hybridized carbons (Fsp3) is 0.316. The molecule has 0 bridgehead atoms. The third kappa shape index (κ3) is 5.19. The van der Waals surface area contributed by atoms with Crippen molar-refractivity contribution >= 4 is 11.6 Å². The fourth-order valence-corrected chi connectivity index (χ4v) is 2.26. The van der Waals surface area contributed by atoms with E-state index in [0.717, 1.165) is 23.6 Å². The second kappa shape index (κ2) is 8.82. The standard InChI is InChI=1S/C19H25N3O2/c1-4-15(24-16-9-7-8-14(2)12-16)13-21-19(20)22-17-10-5-6-11-18(17)23-3/h5-12,15H,4,13H2,1-3H3,(H3,20,21,22). The number of nitrogens with one attached hydrogen (secondary N) is 1. The van der Waals surface area contributed by atoms with E-state index >= 15 is 0 Å². The van der Waals surface area contributed by atoms with Crippen LogP contribution in [0.4, 0.5) is 5.69 Å². The Bertz CT molecular complexity index is 686. The van der Waals surface area contributed by atoms with Crippen LogP contribution in [-0.2, 0) is 0 Å². The van der Waals surface area contributed by atoms with Gasteiger partial charge in [0.1, 0.15) is 17.6 Å². The van der Waals surface area contributed by atoms with Crippen molar-refractivity contribution in [1.29, 1.82) is 0 Å². The summed E-state index contributed by atoms with van der Waals surface area (Å²) in [5.74, 6) is 1.91. The maximum Gasteiger partial charge on any atom is 0.193 e. The first-order valence-corrected chi connectivity index (χ1v) is 8.05. The van der Waals surface area contributed by atoms with Crippen LogP contribution in [0.2, 0.25) is 0 Å². The molecule has 0 fully saturated rings. The molecule has 0 aliphatic heterocycles. The molecule has 0 amide bonds. The summed E-state index contributed by atoms with van der Waals surface area (Å²) in [6.45, 7) is 4.60. The van der Waals surface area contributed by atoms with Crippen molar-refractivity contribution in [2.75, 3.05) is 19.0 Å². The van der Waals surface area contributed by atoms with Gasteiger partial charge in [-0.05, 0) is 43.2 Å². The molecule has 1 unspecified atom stereocenters. The molecule has 2 aromatic rings. The van der Waals surface area contributed by atoms with Gasteiger partial charge < -0.3 is 20.5 Å². The van der Waals surface area contributed by atoms with Gasteiger partial charge in [-0.1, -0.05) is 31.2 Å². The van der Waals surface area contributed by atoms with E-state index in [1.807, 2.05) is 55.5 Å². The largest absolute Gasteiger partial charge is 0.495 e. The molecule has 0 aliphatic carbocycles. The second-order valence-corrected chi connectivity index (χ2v) is 5.52. The summed E-state index contributed by atoms with van der Waals surface area (Å²) in [4.78, 5) is 4.39. The number of aryl methyl sites for hydroxylation is 1. The number of methoxy groups -OCH3 is 1. The summed E-state index contributed by atoms with van der Waals surface area (Å²) in [6, 6.07) is 15.6. The molecule has 3 N–H and O–H groups in total. The molecule has 0 saturated heterocycles. The summed E-state index contributed by atoms with van der Waals surface area (Å²) in [7, 11) is 1.62. The van der Waals surface area contributed by atoms with E-state index < -0.39 is 0 Å². The van der Waals surface area contributed by atoms with E-state index in [9.17, 15) is 0 Å². The van der Waals surface area contributed by atoms with E-state index in [0.29, 0.717) is 12.5 Å². The Morgan fingerprint density at radius 2 is 2.00 bits per heavy atom. The zero-order chi connectivity index (χ0) is 17.4. The molecule has 5 nitrogen and oxygen atoms in total. The smallest absolute Gasteiger partial charge is 0.193 e. The van der Waals surface area contributed by atoms with Gasteiger partial charge in [0.05, 0.1) is 19.3 Å². The van der Waals surface area contributed by atoms with Gasteiger partial charge in [0.25, 0.3) is 0 Å². The van der Waals surface area contributed by atoms with E-state index in [-0.39, 0.29) is 6.10 Å². The Labute approximate surface area is 143 Å². The van der Waals surface area contributed by atoms with Crippen molar-refractivity contribution < 1.29 is 9.47 Å². The predicted octanol–water partition coefficient (Wildman–Crippen LogP) is 3.59. The number of aliphatic imine (C=N–C) groups is 1. The number of anilines is 1. The minimum Gasteiger partial charge on any atom is -0.495 e. The lowest BCUT2D eigenvalue weighted by Gasteiger charge is -2.16. The molecule has 0 radical (unpaired) electrons. The summed E-state index contributed by atoms with van der Waals surface area (Å²) in [5.41, 5.74) is 7.93. The molecule has 5 heteroatoms. The Morgan fingerprint density at radius 3 is 2.71 bits per heavy atom. The van der Waals surface area contributed by atoms with E-state index in [1.54, 1.807) is 7.11 Å². The Kier molecular flexibility index (Phi) is 6.49. The van der Waals surface area contributed by atoms with E-state index in [2.05, 4.69) is 17.2 Å². The van der Waals surface area contributed by atoms with Crippen molar-refractivity contribution in [2.45, 2.75) is 26.4 Å². The number of nitrogens with zero attached hydrogens (tertiary/aromatic N) is 1. The highest BCUT2D eigenvalue weighted by atomic mass is 16.5. The van der Waals surface area contributed by atoms with Crippen LogP contribution in [0.5, 0.6) is 11.5 Å². The summed E-state index contributed by atoms with van der Waals surface area (Å²) in [5, 5.41) is 3.06. The van der Waals surface area contributed by atoms with E-state index in [1.165, 1.54) is 5.56 Å². The van der Waals surface area contributed by atoms with Crippen molar-refractivity contribution in [3.63, 3.8) is 0 Å². The van der Waals surface area contributed by atoms with Crippen molar-refractivity contribution in [1.82, 2.24) is 0 Å². The van der Waals surface area contributed by atoms with Crippen LogP contribution in [0, 0.1) is 6.92 Å². The normalized spacial score (nSPS) is 12.5. The van der Waals surface area contributed by atoms with Gasteiger partial charge >= 0.3 is 0 Å². The first-order chi connectivity index (χ1) is 11.6. The van der Waals surface area contributed by atoms with Crippen LogP contribution in [0.3, 0.4) is 0 Å². The number of hydrogen-bond acceptors (Lipinski definition) is 3. The topological polar surface area (TPSA) is 68.9 Å². The van der Waals surface area contributed by atoms with Crippen LogP contribution >= 0.6 is 0 Å². The Hall–Kier alpha value is -2.69. The third-order valence-electron chi connectivity index (χ3n) is 3.58. The lowest BCUT2D eigenvalue weighted by Crippen LogP contribution is -2.26. The Balaban J connectivity index is 1.96. The highest BCUT2D eigenvalue weighted by Crippen LogP contribution is 2.22. The van der Waals surface area contributed by atoms with Crippen molar-refractivity contribution in [3.8, 4) is 11.5 Å². The molecule has 0 aliphatic rings. The molecule has 0 heterocycles. The zero-order valence-corrected chi connectivity index (χ0v) is 14.5. The average Bonchev–Trinajstić information content (AvgIpc) is 2.59. The molecule has 128 valence electrons. The summed E-state index contributed by atoms with van der Waals surface area (Å²) >= 11 is 0. The van der Waals surface area contributed by atoms with Crippen molar-refractivity contribution in [3.05, 3.63) is 54.1 Å². The number of ether oxygens (including phenoxy) is 2. The van der Waals surface area contributed by atoms with Crippen LogP contribution in [0.15, 0.2) is 53.5 Å². The second-order valence-electron chi connectivity index (χ2n) is 5.52. The number of rotatable bonds is 7. The number of benzene rings is 2. The lowest BCUT2D eigenvalue weighted by molar-refractivity contribution is 0.205. The zero-order valence-electron chi connectivity index (χ0n) is 14.5. The minimum absolute atomic E-state index is 0.0233. The van der Waals surface area contributed by atoms with Crippen LogP contribution < -0.4 is 20.5 Å². The van der Waals surface area contributed by atoms with Gasteiger partial charge in [0.15, 0.2) is 5.96 Å². The summed E-state index contributed by atoms with van der Waals surface area (Å²) < 4.78 is 11.3. The SMILES string of the molecule is CCC(CN=C(N)Nc1ccccc1OC)Oc1cccc(C)c1. The molecular formula is C19H25N3O2. The highest BCUT2D eigenvalue weighted by Gasteiger charge is 2.09. The number of guanidine groups is 1. The first-order valence-electron chi connectivity index (χ1n) is 8.05. The molecule has 2 rings (SSSR count). The quantitative estimate of drug-likeness (QED) is 0.602. The Morgan fingerprint density at radius 1 is 1.21 bits per heavy atom. The van der Waals surface area contributed by atoms with Crippen LogP contribution in [-0.4, -0.2) is 25.7 Å². The monoisotopic (exact) mass is 327 g/mol. The fourth-order valence-electron chi connectivity index (χ4n) is 2.26. The van der Waals surface area contributed by atoms with Crippen LogP contribution in [0.25, 0.3) is 0 Å². The lowest BCUT2D eigenvalue weighted by atomic mass is 10.2. The van der Waals surface area contributed by atoms with Gasteiger partial charge in [-0.15, -0.1) is 0 Å². The maximum absolute atomic E-state index is 5.98. The molecule has 0 spiro atoms. The molecule has 1 atom stereocenters. The third-order valence-corrected chi connectivity index (χ3v) is 3.58. The maximum atomic E-state index is 5.98.